The third kappa shape index (κ3) is 3.97. The Balaban J connectivity index is 2.54. The van der Waals surface area contributed by atoms with E-state index in [1.165, 1.54) is 6.26 Å². The highest BCUT2D eigenvalue weighted by Gasteiger charge is 2.15. The van der Waals surface area contributed by atoms with E-state index >= 15 is 0 Å². The van der Waals surface area contributed by atoms with Crippen molar-refractivity contribution >= 4 is 27.2 Å². The fraction of sp³-hybridized carbons (Fsp3) is 0.667. The summed E-state index contributed by atoms with van der Waals surface area (Å²) < 4.78 is 25.5. The highest BCUT2D eigenvalue weighted by Crippen LogP contribution is 2.14. The van der Waals surface area contributed by atoms with Crippen LogP contribution in [0.4, 0.5) is 0 Å². The molecule has 0 atom stereocenters. The Hall–Kier alpha value is -0.820. The van der Waals surface area contributed by atoms with Gasteiger partial charge in [-0.05, 0) is 24.4 Å². The third-order valence-electron chi connectivity index (χ3n) is 2.06. The van der Waals surface area contributed by atoms with Crippen LogP contribution in [0.3, 0.4) is 0 Å². The maximum Gasteiger partial charge on any atom is 0.176 e. The Morgan fingerprint density at radius 1 is 1.44 bits per heavy atom. The van der Waals surface area contributed by atoms with Gasteiger partial charge in [0.1, 0.15) is 14.7 Å². The first kappa shape index (κ1) is 13.2. The van der Waals surface area contributed by atoms with E-state index in [0.717, 1.165) is 11.5 Å². The molecule has 0 aliphatic heterocycles. The monoisotopic (exact) mass is 262 g/mol. The summed E-state index contributed by atoms with van der Waals surface area (Å²) >= 11 is 1.08. The Bertz CT molecular complexity index is 465. The molecule has 5 nitrogen and oxygen atoms in total. The van der Waals surface area contributed by atoms with Gasteiger partial charge < -0.3 is 0 Å². The van der Waals surface area contributed by atoms with Crippen molar-refractivity contribution in [3.8, 4) is 0 Å². The van der Waals surface area contributed by atoms with Gasteiger partial charge >= 0.3 is 0 Å². The maximum atomic E-state index is 11.7. The summed E-state index contributed by atoms with van der Waals surface area (Å²) in [5, 5.41) is 3.84. The molecular formula is C9H14N2O3S2. The van der Waals surface area contributed by atoms with E-state index < -0.39 is 9.84 Å². The minimum Gasteiger partial charge on any atom is -0.293 e. The fourth-order valence-electron chi connectivity index (χ4n) is 1.26. The van der Waals surface area contributed by atoms with Crippen molar-refractivity contribution in [3.63, 3.8) is 0 Å². The second-order valence-corrected chi connectivity index (χ2v) is 6.57. The highest BCUT2D eigenvalue weighted by atomic mass is 32.2. The number of ketones is 1. The van der Waals surface area contributed by atoms with Crippen LogP contribution in [0.25, 0.3) is 0 Å². The fourth-order valence-corrected chi connectivity index (χ4v) is 2.64. The van der Waals surface area contributed by atoms with Crippen LogP contribution in [-0.2, 0) is 16.3 Å². The van der Waals surface area contributed by atoms with Crippen LogP contribution >= 0.6 is 11.5 Å². The van der Waals surface area contributed by atoms with E-state index in [4.69, 9.17) is 0 Å². The summed E-state index contributed by atoms with van der Waals surface area (Å²) in [6, 6.07) is 0. The van der Waals surface area contributed by atoms with Gasteiger partial charge in [0.2, 0.25) is 0 Å². The molecule has 0 aliphatic carbocycles. The van der Waals surface area contributed by atoms with Crippen LogP contribution in [-0.4, -0.2) is 35.8 Å². The minimum absolute atomic E-state index is 0.0480. The van der Waals surface area contributed by atoms with Crippen LogP contribution in [0.1, 0.15) is 35.1 Å². The first-order valence-corrected chi connectivity index (χ1v) is 7.79. The van der Waals surface area contributed by atoms with E-state index in [2.05, 4.69) is 9.59 Å². The van der Waals surface area contributed by atoms with Crippen molar-refractivity contribution in [2.24, 2.45) is 0 Å². The van der Waals surface area contributed by atoms with E-state index in [1.807, 2.05) is 6.92 Å². The summed E-state index contributed by atoms with van der Waals surface area (Å²) in [4.78, 5) is 12.3. The molecule has 16 heavy (non-hydrogen) atoms. The van der Waals surface area contributed by atoms with Crippen LogP contribution < -0.4 is 0 Å². The van der Waals surface area contributed by atoms with Gasteiger partial charge in [-0.15, -0.1) is 5.10 Å². The van der Waals surface area contributed by atoms with Crippen LogP contribution in [0.2, 0.25) is 0 Å². The maximum absolute atomic E-state index is 11.7. The second-order valence-electron chi connectivity index (χ2n) is 3.56. The Morgan fingerprint density at radius 2 is 2.12 bits per heavy atom. The van der Waals surface area contributed by atoms with Crippen LogP contribution in [0, 0.1) is 0 Å². The SMILES string of the molecule is CCc1nnsc1C(=O)CCCS(C)(=O)=O. The van der Waals surface area contributed by atoms with Gasteiger partial charge in [-0.3, -0.25) is 4.79 Å². The minimum atomic E-state index is -2.98. The first-order chi connectivity index (χ1) is 7.44. The summed E-state index contributed by atoms with van der Waals surface area (Å²) in [6.45, 7) is 1.91. The van der Waals surface area contributed by atoms with Crippen molar-refractivity contribution in [3.05, 3.63) is 10.6 Å². The molecule has 90 valence electrons. The van der Waals surface area contributed by atoms with Crippen molar-refractivity contribution in [1.29, 1.82) is 0 Å². The summed E-state index contributed by atoms with van der Waals surface area (Å²) in [6.07, 6.45) is 2.44. The topological polar surface area (TPSA) is 77.0 Å². The molecule has 1 aromatic rings. The van der Waals surface area contributed by atoms with E-state index in [1.54, 1.807) is 0 Å². The van der Waals surface area contributed by atoms with Crippen LogP contribution in [0.15, 0.2) is 0 Å². The molecule has 0 amide bonds. The van der Waals surface area contributed by atoms with Crippen molar-refractivity contribution in [1.82, 2.24) is 9.59 Å². The molecule has 0 N–H and O–H groups in total. The lowest BCUT2D eigenvalue weighted by Gasteiger charge is -1.98. The van der Waals surface area contributed by atoms with Crippen LogP contribution in [0.5, 0.6) is 0 Å². The van der Waals surface area contributed by atoms with Crippen molar-refractivity contribution in [2.75, 3.05) is 12.0 Å². The number of carbonyl (C=O) groups excluding carboxylic acids is 1. The molecule has 1 aromatic heterocycles. The Kier molecular flexibility index (Phi) is 4.55. The molecule has 0 saturated carbocycles. The van der Waals surface area contributed by atoms with E-state index in [0.29, 0.717) is 23.4 Å². The number of hydrogen-bond donors (Lipinski definition) is 0. The quantitative estimate of drug-likeness (QED) is 0.718. The number of aromatic nitrogens is 2. The number of hydrogen-bond acceptors (Lipinski definition) is 6. The molecule has 0 fully saturated rings. The number of rotatable bonds is 6. The lowest BCUT2D eigenvalue weighted by atomic mass is 10.1. The lowest BCUT2D eigenvalue weighted by Crippen LogP contribution is -2.07. The zero-order valence-corrected chi connectivity index (χ0v) is 10.9. The third-order valence-corrected chi connectivity index (χ3v) is 3.90. The summed E-state index contributed by atoms with van der Waals surface area (Å²) in [7, 11) is -2.98. The largest absolute Gasteiger partial charge is 0.293 e. The molecule has 0 radical (unpaired) electrons. The molecule has 0 aromatic carbocycles. The van der Waals surface area contributed by atoms with Gasteiger partial charge in [-0.2, -0.15) is 0 Å². The zero-order valence-electron chi connectivity index (χ0n) is 9.26. The van der Waals surface area contributed by atoms with E-state index in [-0.39, 0.29) is 18.0 Å². The highest BCUT2D eigenvalue weighted by molar-refractivity contribution is 7.90. The number of sulfone groups is 1. The molecule has 1 rings (SSSR count). The standard InChI is InChI=1S/C9H14N2O3S2/c1-3-7-9(15-11-10-7)8(12)5-4-6-16(2,13)14/h3-6H2,1-2H3. The van der Waals surface area contributed by atoms with Gasteiger partial charge in [0.05, 0.1) is 11.4 Å². The second kappa shape index (κ2) is 5.49. The van der Waals surface area contributed by atoms with Gasteiger partial charge in [0, 0.05) is 12.7 Å². The van der Waals surface area contributed by atoms with Gasteiger partial charge in [-0.25, -0.2) is 8.42 Å². The summed E-state index contributed by atoms with van der Waals surface area (Å²) in [5.74, 6) is -0.0117. The molecule has 0 spiro atoms. The average molecular weight is 262 g/mol. The average Bonchev–Trinajstić information content (AvgIpc) is 2.63. The number of aryl methyl sites for hydroxylation is 1. The predicted octanol–water partition coefficient (Wildman–Crippen LogP) is 1.11. The Labute approximate surface area is 99.0 Å². The van der Waals surface area contributed by atoms with Gasteiger partial charge in [0.15, 0.2) is 5.78 Å². The molecular weight excluding hydrogens is 248 g/mol. The zero-order chi connectivity index (χ0) is 12.2. The molecule has 0 bridgehead atoms. The molecule has 1 heterocycles. The van der Waals surface area contributed by atoms with Gasteiger partial charge in [0.25, 0.3) is 0 Å². The number of nitrogens with zero attached hydrogens (tertiary/aromatic N) is 2. The van der Waals surface area contributed by atoms with Crippen molar-refractivity contribution in [2.45, 2.75) is 26.2 Å². The molecule has 0 aliphatic rings. The summed E-state index contributed by atoms with van der Waals surface area (Å²) in [5.41, 5.74) is 0.703. The number of Topliss-reactive ketones (excluding diaryl/α,β-unsaturated/α-hetero) is 1. The van der Waals surface area contributed by atoms with Crippen molar-refractivity contribution < 1.29 is 13.2 Å². The first-order valence-electron chi connectivity index (χ1n) is 4.96. The molecule has 0 unspecified atom stereocenters. The van der Waals surface area contributed by atoms with E-state index in [9.17, 15) is 13.2 Å². The lowest BCUT2D eigenvalue weighted by molar-refractivity contribution is 0.0985. The molecule has 7 heteroatoms. The molecule has 0 saturated heterocycles. The normalized spacial score (nSPS) is 11.6. The smallest absolute Gasteiger partial charge is 0.176 e. The number of carbonyl (C=O) groups is 1. The Morgan fingerprint density at radius 3 is 2.69 bits per heavy atom. The predicted molar refractivity (Wildman–Crippen MR) is 62.6 cm³/mol. The van der Waals surface area contributed by atoms with Gasteiger partial charge in [-0.1, -0.05) is 11.4 Å².